The fourth-order valence-electron chi connectivity index (χ4n) is 15.0. The molecule has 7 aliphatic rings. The van der Waals surface area contributed by atoms with Gasteiger partial charge in [0.05, 0.1) is 42.0 Å². The Kier molecular flexibility index (Phi) is 12.2. The van der Waals surface area contributed by atoms with E-state index in [1.54, 1.807) is 13.0 Å². The number of nitrogens with zero attached hydrogens (tertiary/aromatic N) is 1. The number of ether oxygens (including phenoxy) is 1. The molecule has 10 N–H and O–H groups in total. The topological polar surface area (TPSA) is 225 Å². The van der Waals surface area contributed by atoms with Crippen LogP contribution in [0.4, 0.5) is 0 Å². The van der Waals surface area contributed by atoms with E-state index in [0.717, 1.165) is 24.8 Å². The van der Waals surface area contributed by atoms with Crippen LogP contribution in [0, 0.1) is 87.8 Å². The second kappa shape index (κ2) is 16.8. The SMILES string of the molecule is CC(C)CC[C@@H]1[C@H]2C=CC[C@H]1[C@H](C)C[C@@H](O)[C@](C)(O)[C@H]1[C@H](CC#C[C@H]2[C@@H]2COC(=O)[C@H]2c2cc[nH]c2)C[C@@]2(O)C3=CC(=O)[C@@H]4C[C@@H](O)[C@@H](O)C[C@]4(C)[C@H]3CC[C@]12CCN=C(N)N. The van der Waals surface area contributed by atoms with Crippen LogP contribution in [-0.2, 0) is 14.3 Å². The summed E-state index contributed by atoms with van der Waals surface area (Å²) >= 11 is 0. The van der Waals surface area contributed by atoms with Gasteiger partial charge in [-0.05, 0) is 135 Å². The van der Waals surface area contributed by atoms with Crippen molar-refractivity contribution in [3.8, 4) is 11.8 Å². The number of nitrogens with one attached hydrogen (secondary N) is 1. The zero-order valence-corrected chi connectivity index (χ0v) is 37.4. The number of aliphatic hydroxyl groups is 5. The number of rotatable bonds is 8. The minimum atomic E-state index is -1.69. The van der Waals surface area contributed by atoms with Crippen molar-refractivity contribution >= 4 is 17.7 Å². The van der Waals surface area contributed by atoms with Gasteiger partial charge in [0.2, 0.25) is 0 Å². The highest BCUT2D eigenvalue weighted by molar-refractivity contribution is 5.95. The van der Waals surface area contributed by atoms with Gasteiger partial charge >= 0.3 is 5.97 Å². The zero-order valence-electron chi connectivity index (χ0n) is 37.4. The monoisotopic (exact) mass is 857 g/mol. The van der Waals surface area contributed by atoms with Crippen molar-refractivity contribution < 1.29 is 39.9 Å². The molecule has 340 valence electrons. The number of carbonyl (C=O) groups excluding carboxylic acids is 2. The smallest absolute Gasteiger partial charge is 0.313 e. The third-order valence-corrected chi connectivity index (χ3v) is 17.9. The van der Waals surface area contributed by atoms with Gasteiger partial charge in [-0.25, -0.2) is 0 Å². The second-order valence-electron chi connectivity index (χ2n) is 21.7. The van der Waals surface area contributed by atoms with Crippen molar-refractivity contribution in [1.29, 1.82) is 0 Å². The molecule has 0 spiro atoms. The second-order valence-corrected chi connectivity index (χ2v) is 21.7. The Labute approximate surface area is 367 Å². The molecule has 2 heterocycles. The summed E-state index contributed by atoms with van der Waals surface area (Å²) in [4.78, 5) is 35.4. The maximum atomic E-state index is 14.2. The van der Waals surface area contributed by atoms with Crippen LogP contribution >= 0.6 is 0 Å². The molecule has 3 saturated carbocycles. The maximum absolute atomic E-state index is 14.2. The number of aromatic amines is 1. The number of aromatic nitrogens is 1. The summed E-state index contributed by atoms with van der Waals surface area (Å²) in [5, 5.41) is 61.3. The number of hydrogen-bond donors (Lipinski definition) is 8. The third-order valence-electron chi connectivity index (χ3n) is 17.9. The molecular weight excluding hydrogens is 785 g/mol. The average Bonchev–Trinajstić information content (AvgIpc) is 3.93. The summed E-state index contributed by atoms with van der Waals surface area (Å²) in [6.45, 7) is 10.9. The predicted molar refractivity (Wildman–Crippen MR) is 236 cm³/mol. The first kappa shape index (κ1) is 45.1. The Hall–Kier alpha value is -3.47. The summed E-state index contributed by atoms with van der Waals surface area (Å²) in [6, 6.07) is 1.95. The van der Waals surface area contributed by atoms with E-state index in [2.05, 4.69) is 54.7 Å². The number of aliphatic imine (C=N–C) groups is 1. The molecule has 1 saturated heterocycles. The van der Waals surface area contributed by atoms with Crippen LogP contribution in [0.3, 0.4) is 0 Å². The Balaban J connectivity index is 1.27. The van der Waals surface area contributed by atoms with E-state index in [1.807, 2.05) is 25.4 Å². The van der Waals surface area contributed by atoms with Crippen LogP contribution in [0.1, 0.15) is 117 Å². The van der Waals surface area contributed by atoms with Crippen LogP contribution in [0.2, 0.25) is 0 Å². The molecule has 4 fully saturated rings. The molecule has 0 amide bonds. The van der Waals surface area contributed by atoms with Gasteiger partial charge in [0, 0.05) is 54.4 Å². The van der Waals surface area contributed by atoms with E-state index in [1.165, 1.54) is 0 Å². The van der Waals surface area contributed by atoms with Crippen molar-refractivity contribution in [2.45, 2.75) is 141 Å². The summed E-state index contributed by atoms with van der Waals surface area (Å²) < 4.78 is 5.88. The molecule has 0 radical (unpaired) electrons. The molecule has 62 heavy (non-hydrogen) atoms. The number of H-pyrrole nitrogens is 1. The van der Waals surface area contributed by atoms with Crippen molar-refractivity contribution in [3.05, 3.63) is 47.8 Å². The number of allylic oxidation sites excluding steroid dienone is 3. The highest BCUT2D eigenvalue weighted by Gasteiger charge is 2.73. The number of aliphatic hydroxyl groups excluding tert-OH is 3. The van der Waals surface area contributed by atoms with Crippen LogP contribution < -0.4 is 11.5 Å². The van der Waals surface area contributed by atoms with E-state index >= 15 is 0 Å². The highest BCUT2D eigenvalue weighted by Crippen LogP contribution is 2.72. The Morgan fingerprint density at radius 2 is 1.84 bits per heavy atom. The number of cyclic esters (lactones) is 1. The molecule has 0 aromatic carbocycles. The lowest BCUT2D eigenvalue weighted by Gasteiger charge is -2.61. The van der Waals surface area contributed by atoms with Gasteiger partial charge in [-0.2, -0.15) is 0 Å². The van der Waals surface area contributed by atoms with Crippen LogP contribution in [0.15, 0.2) is 47.3 Å². The fraction of sp³-hybridized carbons (Fsp3) is 0.740. The summed E-state index contributed by atoms with van der Waals surface area (Å²) in [6.07, 6.45) is 12.2. The molecule has 0 unspecified atom stereocenters. The van der Waals surface area contributed by atoms with Crippen molar-refractivity contribution in [2.24, 2.45) is 92.4 Å². The first-order valence-electron chi connectivity index (χ1n) is 23.6. The number of guanidine groups is 1. The highest BCUT2D eigenvalue weighted by atomic mass is 16.5. The Morgan fingerprint density at radius 1 is 1.06 bits per heavy atom. The lowest BCUT2D eigenvalue weighted by Crippen LogP contribution is -2.64. The van der Waals surface area contributed by atoms with E-state index in [-0.39, 0.29) is 91.6 Å². The number of nitrogens with two attached hydrogens (primary N) is 2. The van der Waals surface area contributed by atoms with Gasteiger partial charge in [-0.15, -0.1) is 5.92 Å². The van der Waals surface area contributed by atoms with E-state index in [4.69, 9.17) is 16.2 Å². The molecule has 1 aromatic heterocycles. The molecule has 8 rings (SSSR count). The largest absolute Gasteiger partial charge is 0.465 e. The molecule has 12 nitrogen and oxygen atoms in total. The standard InChI is InChI=1S/C50H72N4O8/c1-27(2)12-13-34-31-9-7-11-32(34)33(35-26-62-45(59)43(35)30-15-18-53-25-30)10-6-8-29-23-50(61)37-21-39(55)38-22-40(56)41(57)24-47(38,4)36(37)14-16-49(50,17-19-54-46(51)52)44(29)48(5,60)42(58)20-28(31)3/h7,11,15,18,21,25,27-29,31-36,38,40-44,53,56-58,60-61H,8-9,12-14,16-17,19-20,22-24,26H2,1-5H3,(H4,51,52,54)/t28-,29-,31+,32+,33-,34+,35+,36+,38+,40-,41+,42-,43+,44-,47-,48+,49+,50-/m1/s1. The van der Waals surface area contributed by atoms with Crippen LogP contribution in [-0.4, -0.2) is 90.9 Å². The number of hydrogen-bond acceptors (Lipinski definition) is 9. The number of ketones is 1. The molecular formula is C50H72N4O8. The number of carbonyl (C=O) groups is 2. The average molecular weight is 857 g/mol. The summed E-state index contributed by atoms with van der Waals surface area (Å²) in [5.41, 5.74) is 8.23. The molecule has 6 aliphatic carbocycles. The number of esters is 1. The first-order valence-corrected chi connectivity index (χ1v) is 23.6. The normalized spacial score (nSPS) is 46.3. The summed E-state index contributed by atoms with van der Waals surface area (Å²) in [7, 11) is 0. The molecule has 18 atom stereocenters. The van der Waals surface area contributed by atoms with Gasteiger partial charge in [-0.3, -0.25) is 14.6 Å². The lowest BCUT2D eigenvalue weighted by atomic mass is 9.44. The zero-order chi connectivity index (χ0) is 44.5. The first-order chi connectivity index (χ1) is 29.3. The number of fused-ring (bicyclic) bond motifs is 9. The maximum Gasteiger partial charge on any atom is 0.313 e. The van der Waals surface area contributed by atoms with Crippen molar-refractivity contribution in [3.63, 3.8) is 0 Å². The minimum Gasteiger partial charge on any atom is -0.465 e. The van der Waals surface area contributed by atoms with Gasteiger partial charge in [0.1, 0.15) is 0 Å². The summed E-state index contributed by atoms with van der Waals surface area (Å²) in [5.74, 6) is 5.09. The minimum absolute atomic E-state index is 0.00748. The van der Waals surface area contributed by atoms with Crippen LogP contribution in [0.25, 0.3) is 0 Å². The lowest BCUT2D eigenvalue weighted by molar-refractivity contribution is -0.189. The van der Waals surface area contributed by atoms with E-state index in [0.29, 0.717) is 43.6 Å². The Morgan fingerprint density at radius 3 is 2.55 bits per heavy atom. The van der Waals surface area contributed by atoms with Gasteiger partial charge in [0.15, 0.2) is 11.7 Å². The van der Waals surface area contributed by atoms with Crippen molar-refractivity contribution in [1.82, 2.24) is 4.98 Å². The van der Waals surface area contributed by atoms with E-state index < -0.39 is 64.0 Å². The Bertz CT molecular complexity index is 2000. The molecule has 1 aliphatic heterocycles. The predicted octanol–water partition coefficient (Wildman–Crippen LogP) is 4.75. The molecule has 12 heteroatoms. The molecule has 2 bridgehead atoms. The van der Waals surface area contributed by atoms with Gasteiger partial charge < -0.3 is 46.7 Å². The van der Waals surface area contributed by atoms with E-state index in [9.17, 15) is 35.1 Å². The van der Waals surface area contributed by atoms with Gasteiger partial charge in [-0.1, -0.05) is 52.2 Å². The quantitative estimate of drug-likeness (QED) is 0.0589. The van der Waals surface area contributed by atoms with Crippen molar-refractivity contribution in [2.75, 3.05) is 13.2 Å². The fourth-order valence-corrected chi connectivity index (χ4v) is 15.0. The van der Waals surface area contributed by atoms with Crippen LogP contribution in [0.5, 0.6) is 0 Å². The third kappa shape index (κ3) is 7.40. The molecule has 1 aromatic rings. The van der Waals surface area contributed by atoms with Gasteiger partial charge in [0.25, 0.3) is 0 Å².